The van der Waals surface area contributed by atoms with Crippen LogP contribution in [0.3, 0.4) is 0 Å². The van der Waals surface area contributed by atoms with Crippen molar-refractivity contribution >= 4 is 18.0 Å². The van der Waals surface area contributed by atoms with Crippen LogP contribution in [0.25, 0.3) is 11.1 Å². The first-order valence-electron chi connectivity index (χ1n) is 12.5. The van der Waals surface area contributed by atoms with Crippen molar-refractivity contribution in [1.82, 2.24) is 10.2 Å². The molecule has 6 rings (SSSR count). The van der Waals surface area contributed by atoms with Crippen LogP contribution in [0.4, 0.5) is 4.79 Å². The molecule has 3 fully saturated rings. The molecule has 1 heterocycles. The number of hydrogen-bond acceptors (Lipinski definition) is 4. The molecule has 1 saturated heterocycles. The van der Waals surface area contributed by atoms with E-state index >= 15 is 0 Å². The van der Waals surface area contributed by atoms with Crippen LogP contribution < -0.4 is 5.32 Å². The number of carbonyl (C=O) groups is 3. The van der Waals surface area contributed by atoms with Gasteiger partial charge in [-0.2, -0.15) is 0 Å². The Morgan fingerprint density at radius 2 is 1.69 bits per heavy atom. The van der Waals surface area contributed by atoms with Gasteiger partial charge in [0.2, 0.25) is 5.91 Å². The maximum Gasteiger partial charge on any atom is 0.407 e. The molecular weight excluding hydrogens is 444 g/mol. The Labute approximate surface area is 204 Å². The minimum Gasteiger partial charge on any atom is -0.481 e. The molecule has 182 valence electrons. The Bertz CT molecular complexity index is 1160. The number of nitrogens with zero attached hydrogens (tertiary/aromatic N) is 1. The van der Waals surface area contributed by atoms with Gasteiger partial charge in [0.05, 0.1) is 11.3 Å². The molecule has 3 aliphatic carbocycles. The summed E-state index contributed by atoms with van der Waals surface area (Å²) in [7, 11) is 0. The lowest BCUT2D eigenvalue weighted by Gasteiger charge is -2.43. The van der Waals surface area contributed by atoms with E-state index in [0.717, 1.165) is 12.8 Å². The molecule has 35 heavy (non-hydrogen) atoms. The molecule has 4 atom stereocenters. The zero-order chi connectivity index (χ0) is 24.3. The van der Waals surface area contributed by atoms with Gasteiger partial charge in [-0.05, 0) is 47.4 Å². The monoisotopic (exact) mass is 474 g/mol. The molecule has 2 aromatic rings. The largest absolute Gasteiger partial charge is 0.481 e. The first kappa shape index (κ1) is 22.1. The number of amides is 2. The van der Waals surface area contributed by atoms with Crippen molar-refractivity contribution in [3.63, 3.8) is 0 Å². The van der Waals surface area contributed by atoms with Gasteiger partial charge in [0.25, 0.3) is 0 Å². The minimum atomic E-state index is -0.808. The lowest BCUT2D eigenvalue weighted by molar-refractivity contribution is -0.153. The number of alkyl carbamates (subject to hydrolysis) is 1. The number of nitrogens with one attached hydrogen (secondary N) is 1. The zero-order valence-electron chi connectivity index (χ0n) is 19.8. The van der Waals surface area contributed by atoms with Crippen LogP contribution in [0, 0.1) is 23.2 Å². The average Bonchev–Trinajstić information content (AvgIpc) is 3.25. The maximum absolute atomic E-state index is 13.1. The van der Waals surface area contributed by atoms with Gasteiger partial charge in [0, 0.05) is 31.0 Å². The third-order valence-corrected chi connectivity index (χ3v) is 8.80. The van der Waals surface area contributed by atoms with E-state index < -0.39 is 18.0 Å². The third kappa shape index (κ3) is 3.60. The van der Waals surface area contributed by atoms with E-state index in [9.17, 15) is 19.5 Å². The van der Waals surface area contributed by atoms with Crippen LogP contribution in [0.5, 0.6) is 0 Å². The van der Waals surface area contributed by atoms with Crippen molar-refractivity contribution in [2.45, 2.75) is 38.1 Å². The summed E-state index contributed by atoms with van der Waals surface area (Å²) in [5.41, 5.74) is 4.37. The summed E-state index contributed by atoms with van der Waals surface area (Å²) in [5.74, 6) is -0.763. The summed E-state index contributed by atoms with van der Waals surface area (Å²) in [5, 5.41) is 12.2. The lowest BCUT2D eigenvalue weighted by Crippen LogP contribution is -2.55. The third-order valence-electron chi connectivity index (χ3n) is 8.80. The lowest BCUT2D eigenvalue weighted by atomic mass is 9.85. The minimum absolute atomic E-state index is 0.0191. The number of carboxylic acid groups (broad SMARTS) is 1. The van der Waals surface area contributed by atoms with Gasteiger partial charge in [-0.25, -0.2) is 4.79 Å². The van der Waals surface area contributed by atoms with E-state index in [4.69, 9.17) is 4.74 Å². The van der Waals surface area contributed by atoms with Crippen LogP contribution in [-0.4, -0.2) is 53.7 Å². The highest BCUT2D eigenvalue weighted by Gasteiger charge is 2.66. The number of benzene rings is 2. The number of carboxylic acids is 1. The predicted molar refractivity (Wildman–Crippen MR) is 129 cm³/mol. The fraction of sp³-hybridized carbons (Fsp3) is 0.464. The molecule has 0 aromatic heterocycles. The molecule has 0 spiro atoms. The number of carbonyl (C=O) groups excluding carboxylic acids is 2. The zero-order valence-corrected chi connectivity index (χ0v) is 19.8. The molecule has 0 bridgehead atoms. The molecule has 1 unspecified atom stereocenters. The summed E-state index contributed by atoms with van der Waals surface area (Å²) in [6.07, 6.45) is 1.86. The van der Waals surface area contributed by atoms with E-state index in [1.165, 1.54) is 22.3 Å². The molecule has 2 amide bonds. The average molecular weight is 475 g/mol. The Morgan fingerprint density at radius 3 is 2.31 bits per heavy atom. The molecule has 7 heteroatoms. The van der Waals surface area contributed by atoms with Crippen molar-refractivity contribution in [3.8, 4) is 11.1 Å². The highest BCUT2D eigenvalue weighted by Crippen LogP contribution is 2.64. The van der Waals surface area contributed by atoms with Gasteiger partial charge in [-0.1, -0.05) is 55.5 Å². The van der Waals surface area contributed by atoms with E-state index in [0.29, 0.717) is 25.4 Å². The smallest absolute Gasteiger partial charge is 0.407 e. The van der Waals surface area contributed by atoms with Crippen LogP contribution in [0.1, 0.15) is 43.2 Å². The van der Waals surface area contributed by atoms with E-state index in [1.54, 1.807) is 11.8 Å². The van der Waals surface area contributed by atoms with Gasteiger partial charge in [0.1, 0.15) is 6.61 Å². The molecule has 1 aliphatic heterocycles. The summed E-state index contributed by atoms with van der Waals surface area (Å²) in [6.45, 7) is 3.02. The van der Waals surface area contributed by atoms with Crippen molar-refractivity contribution in [2.24, 2.45) is 23.2 Å². The van der Waals surface area contributed by atoms with Crippen molar-refractivity contribution in [2.75, 3.05) is 19.7 Å². The van der Waals surface area contributed by atoms with Crippen LogP contribution in [0.15, 0.2) is 48.5 Å². The summed E-state index contributed by atoms with van der Waals surface area (Å²) >= 11 is 0. The Hall–Kier alpha value is -3.35. The first-order chi connectivity index (χ1) is 16.9. The van der Waals surface area contributed by atoms with Crippen molar-refractivity contribution in [1.29, 1.82) is 0 Å². The van der Waals surface area contributed by atoms with Gasteiger partial charge < -0.3 is 20.1 Å². The molecule has 4 aliphatic rings. The normalized spacial score (nSPS) is 27.3. The molecule has 7 nitrogen and oxygen atoms in total. The van der Waals surface area contributed by atoms with E-state index in [-0.39, 0.29) is 35.8 Å². The fourth-order valence-corrected chi connectivity index (χ4v) is 6.58. The van der Waals surface area contributed by atoms with Crippen LogP contribution in [-0.2, 0) is 14.3 Å². The topological polar surface area (TPSA) is 95.9 Å². The molecule has 2 N–H and O–H groups in total. The predicted octanol–water partition coefficient (Wildman–Crippen LogP) is 3.87. The number of hydrogen-bond donors (Lipinski definition) is 2. The van der Waals surface area contributed by atoms with E-state index in [2.05, 4.69) is 29.6 Å². The quantitative estimate of drug-likeness (QED) is 0.663. The highest BCUT2D eigenvalue weighted by molar-refractivity contribution is 5.88. The number of rotatable bonds is 6. The number of aliphatic carboxylic acids is 1. The SMILES string of the molecule is CC(C(=O)O)C1CN(C(=O)[C@]23C[C@H](NC(=O)OCC4c5ccccc5-c5ccccc54)C[C@H]2C3)C1. The fourth-order valence-electron chi connectivity index (χ4n) is 6.58. The summed E-state index contributed by atoms with van der Waals surface area (Å²) in [6, 6.07) is 16.4. The second kappa shape index (κ2) is 8.11. The van der Waals surface area contributed by atoms with Gasteiger partial charge >= 0.3 is 12.1 Å². The van der Waals surface area contributed by atoms with Gasteiger partial charge in [0.15, 0.2) is 0 Å². The van der Waals surface area contributed by atoms with E-state index in [1.807, 2.05) is 24.3 Å². The molecule has 2 aromatic carbocycles. The highest BCUT2D eigenvalue weighted by atomic mass is 16.5. The number of ether oxygens (including phenoxy) is 1. The van der Waals surface area contributed by atoms with Crippen molar-refractivity contribution < 1.29 is 24.2 Å². The Kier molecular flexibility index (Phi) is 5.13. The first-order valence-corrected chi connectivity index (χ1v) is 12.5. The van der Waals surface area contributed by atoms with Gasteiger partial charge in [-0.15, -0.1) is 0 Å². The van der Waals surface area contributed by atoms with Gasteiger partial charge in [-0.3, -0.25) is 9.59 Å². The Balaban J connectivity index is 1.03. The summed E-state index contributed by atoms with van der Waals surface area (Å²) < 4.78 is 5.69. The summed E-state index contributed by atoms with van der Waals surface area (Å²) in [4.78, 5) is 38.8. The molecule has 2 saturated carbocycles. The Morgan fingerprint density at radius 1 is 1.06 bits per heavy atom. The number of fused-ring (bicyclic) bond motifs is 4. The molecule has 0 radical (unpaired) electrons. The second-order valence-corrected chi connectivity index (χ2v) is 10.8. The maximum atomic E-state index is 13.1. The van der Waals surface area contributed by atoms with Crippen LogP contribution in [0.2, 0.25) is 0 Å². The second-order valence-electron chi connectivity index (χ2n) is 10.8. The van der Waals surface area contributed by atoms with Crippen molar-refractivity contribution in [3.05, 3.63) is 59.7 Å². The standard InChI is InChI=1S/C28H30N2O5/c1-16(25(31)32)17-13-30(14-17)26(33)28-11-18(28)10-19(12-28)29-27(34)35-15-24-22-8-4-2-6-20(22)21-7-3-5-9-23(21)24/h2-9,16-19,24H,10-15H2,1H3,(H,29,34)(H,31,32)/t16?,18-,19+,28+/m0/s1. The molecular formula is C28H30N2O5. The van der Waals surface area contributed by atoms with Crippen LogP contribution >= 0.6 is 0 Å². The number of likely N-dealkylation sites (tertiary alicyclic amines) is 1.